The highest BCUT2D eigenvalue weighted by molar-refractivity contribution is 6.31. The van der Waals surface area contributed by atoms with Crippen molar-refractivity contribution in [3.63, 3.8) is 0 Å². The average molecular weight is 349 g/mol. The molecule has 7 heteroatoms. The molecule has 0 heterocycles. The maximum absolute atomic E-state index is 12.1. The number of non-ortho nitro benzene ring substituents is 1. The van der Waals surface area contributed by atoms with Crippen LogP contribution < -0.4 is 10.6 Å². The van der Waals surface area contributed by atoms with Gasteiger partial charge in [0.1, 0.15) is 6.04 Å². The second-order valence-electron chi connectivity index (χ2n) is 5.55. The molecule has 0 spiro atoms. The molecule has 0 saturated heterocycles. The minimum absolute atomic E-state index is 0.00408. The summed E-state index contributed by atoms with van der Waals surface area (Å²) in [5, 5.41) is 16.1. The van der Waals surface area contributed by atoms with Crippen LogP contribution >= 0.6 is 11.6 Å². The number of hydrogen-bond acceptors (Lipinski definition) is 3. The van der Waals surface area contributed by atoms with Crippen LogP contribution in [0.1, 0.15) is 24.1 Å². The number of hydrogen-bond donors (Lipinski definition) is 2. The lowest BCUT2D eigenvalue weighted by molar-refractivity contribution is -0.682. The van der Waals surface area contributed by atoms with Gasteiger partial charge in [-0.25, -0.2) is 0 Å². The molecule has 126 valence electrons. The molecule has 0 aliphatic rings. The van der Waals surface area contributed by atoms with Gasteiger partial charge in [0.15, 0.2) is 6.54 Å². The van der Waals surface area contributed by atoms with Crippen LogP contribution in [0.2, 0.25) is 5.02 Å². The Bertz CT molecular complexity index is 764. The third-order valence-electron chi connectivity index (χ3n) is 3.75. The van der Waals surface area contributed by atoms with Gasteiger partial charge in [0.2, 0.25) is 0 Å². The molecule has 1 amide bonds. The highest BCUT2D eigenvalue weighted by atomic mass is 35.5. The van der Waals surface area contributed by atoms with Crippen LogP contribution in [0, 0.1) is 17.0 Å². The maximum Gasteiger partial charge on any atom is 0.279 e. The van der Waals surface area contributed by atoms with Gasteiger partial charge in [-0.3, -0.25) is 14.9 Å². The molecule has 0 aliphatic carbocycles. The number of amides is 1. The summed E-state index contributed by atoms with van der Waals surface area (Å²) in [7, 11) is 0. The van der Waals surface area contributed by atoms with Gasteiger partial charge in [0, 0.05) is 28.4 Å². The third kappa shape index (κ3) is 4.53. The fourth-order valence-electron chi connectivity index (χ4n) is 2.36. The first kappa shape index (κ1) is 17.9. The zero-order valence-electron chi connectivity index (χ0n) is 13.5. The quantitative estimate of drug-likeness (QED) is 0.621. The summed E-state index contributed by atoms with van der Waals surface area (Å²) in [5.74, 6) is -0.175. The normalized spacial score (nSPS) is 11.8. The molecule has 0 saturated carbocycles. The van der Waals surface area contributed by atoms with E-state index >= 15 is 0 Å². The molecule has 24 heavy (non-hydrogen) atoms. The van der Waals surface area contributed by atoms with E-state index in [2.05, 4.69) is 5.32 Å². The summed E-state index contributed by atoms with van der Waals surface area (Å²) in [6, 6.07) is 11.9. The number of nitrogens with one attached hydrogen (secondary N) is 1. The van der Waals surface area contributed by atoms with Gasteiger partial charge < -0.3 is 10.6 Å². The minimum atomic E-state index is -0.461. The van der Waals surface area contributed by atoms with Crippen molar-refractivity contribution in [1.82, 2.24) is 0 Å². The maximum atomic E-state index is 12.1. The number of nitrogens with zero attached hydrogens (tertiary/aromatic N) is 1. The van der Waals surface area contributed by atoms with E-state index in [-0.39, 0.29) is 24.2 Å². The number of carbonyl (C=O) groups is 1. The van der Waals surface area contributed by atoms with Gasteiger partial charge >= 0.3 is 0 Å². The Kier molecular flexibility index (Phi) is 5.89. The van der Waals surface area contributed by atoms with E-state index in [1.54, 1.807) is 13.0 Å². The summed E-state index contributed by atoms with van der Waals surface area (Å²) in [6.45, 7) is 3.92. The first-order valence-corrected chi connectivity index (χ1v) is 7.89. The SMILES string of the molecule is Cc1cc([N+](=O)[O-])ccc1NC(=O)C[NH2+][C@H](C)c1ccccc1Cl. The van der Waals surface area contributed by atoms with E-state index in [0.29, 0.717) is 16.3 Å². The van der Waals surface area contributed by atoms with E-state index < -0.39 is 4.92 Å². The van der Waals surface area contributed by atoms with Crippen molar-refractivity contribution >= 4 is 28.9 Å². The minimum Gasteiger partial charge on any atom is -0.332 e. The number of benzene rings is 2. The number of anilines is 1. The van der Waals surface area contributed by atoms with E-state index in [1.807, 2.05) is 36.5 Å². The fraction of sp³-hybridized carbons (Fsp3) is 0.235. The highest BCUT2D eigenvalue weighted by Gasteiger charge is 2.15. The van der Waals surface area contributed by atoms with Crippen LogP contribution in [-0.4, -0.2) is 17.4 Å². The molecule has 2 aromatic carbocycles. The summed E-state index contributed by atoms with van der Waals surface area (Å²) in [6.07, 6.45) is 0. The number of nitrogens with two attached hydrogens (primary N) is 1. The van der Waals surface area contributed by atoms with Crippen molar-refractivity contribution in [2.75, 3.05) is 11.9 Å². The number of nitro groups is 1. The standard InChI is InChI=1S/C17H18ClN3O3/c1-11-9-13(21(23)24)7-8-16(11)20-17(22)10-19-12(2)14-5-3-4-6-15(14)18/h3-9,12,19H,10H2,1-2H3,(H,20,22)/p+1/t12-/m1/s1. The highest BCUT2D eigenvalue weighted by Crippen LogP contribution is 2.21. The van der Waals surface area contributed by atoms with Crippen molar-refractivity contribution in [1.29, 1.82) is 0 Å². The average Bonchev–Trinajstić information content (AvgIpc) is 2.54. The van der Waals surface area contributed by atoms with Crippen LogP contribution in [0.15, 0.2) is 42.5 Å². The smallest absolute Gasteiger partial charge is 0.279 e. The Morgan fingerprint density at radius 2 is 2.04 bits per heavy atom. The summed E-state index contributed by atoms with van der Waals surface area (Å²) < 4.78 is 0. The van der Waals surface area contributed by atoms with Crippen molar-refractivity contribution in [2.45, 2.75) is 19.9 Å². The predicted octanol–water partition coefficient (Wildman–Crippen LogP) is 2.82. The molecular weight excluding hydrogens is 330 g/mol. The van der Waals surface area contributed by atoms with Crippen molar-refractivity contribution < 1.29 is 15.0 Å². The van der Waals surface area contributed by atoms with Crippen molar-refractivity contribution in [2.24, 2.45) is 0 Å². The van der Waals surface area contributed by atoms with Crippen molar-refractivity contribution in [3.05, 3.63) is 68.7 Å². The number of rotatable bonds is 6. The summed E-state index contributed by atoms with van der Waals surface area (Å²) >= 11 is 6.15. The number of halogens is 1. The first-order chi connectivity index (χ1) is 11.4. The van der Waals surface area contributed by atoms with Crippen LogP contribution in [0.4, 0.5) is 11.4 Å². The molecule has 0 radical (unpaired) electrons. The van der Waals surface area contributed by atoms with Gasteiger partial charge in [0.05, 0.1) is 4.92 Å². The Balaban J connectivity index is 1.94. The predicted molar refractivity (Wildman–Crippen MR) is 93.1 cm³/mol. The number of aryl methyl sites for hydroxylation is 1. The molecular formula is C17H19ClN3O3+. The lowest BCUT2D eigenvalue weighted by Crippen LogP contribution is -2.86. The number of carbonyl (C=O) groups excluding carboxylic acids is 1. The Morgan fingerprint density at radius 3 is 2.67 bits per heavy atom. The van der Waals surface area contributed by atoms with Gasteiger partial charge in [-0.2, -0.15) is 0 Å². The fourth-order valence-corrected chi connectivity index (χ4v) is 2.67. The van der Waals surface area contributed by atoms with Gasteiger partial charge in [-0.05, 0) is 31.5 Å². The van der Waals surface area contributed by atoms with E-state index in [9.17, 15) is 14.9 Å². The van der Waals surface area contributed by atoms with E-state index in [0.717, 1.165) is 5.56 Å². The summed E-state index contributed by atoms with van der Waals surface area (Å²) in [4.78, 5) is 22.4. The van der Waals surface area contributed by atoms with Crippen LogP contribution in [0.5, 0.6) is 0 Å². The Morgan fingerprint density at radius 1 is 1.33 bits per heavy atom. The monoisotopic (exact) mass is 348 g/mol. The largest absolute Gasteiger partial charge is 0.332 e. The molecule has 0 fully saturated rings. The van der Waals surface area contributed by atoms with Gasteiger partial charge in [-0.15, -0.1) is 0 Å². The second-order valence-corrected chi connectivity index (χ2v) is 5.96. The number of quaternary nitrogens is 1. The van der Waals surface area contributed by atoms with Gasteiger partial charge in [0.25, 0.3) is 11.6 Å². The topological polar surface area (TPSA) is 88.9 Å². The molecule has 0 aliphatic heterocycles. The van der Waals surface area contributed by atoms with Crippen LogP contribution in [-0.2, 0) is 4.79 Å². The van der Waals surface area contributed by atoms with Crippen LogP contribution in [0.3, 0.4) is 0 Å². The molecule has 2 aromatic rings. The molecule has 0 aromatic heterocycles. The lowest BCUT2D eigenvalue weighted by atomic mass is 10.1. The Labute approximate surface area is 145 Å². The van der Waals surface area contributed by atoms with Crippen molar-refractivity contribution in [3.8, 4) is 0 Å². The number of nitro benzene ring substituents is 1. The molecule has 1 atom stereocenters. The second kappa shape index (κ2) is 7.90. The zero-order chi connectivity index (χ0) is 17.7. The van der Waals surface area contributed by atoms with Gasteiger partial charge in [-0.1, -0.05) is 29.8 Å². The zero-order valence-corrected chi connectivity index (χ0v) is 14.2. The summed E-state index contributed by atoms with van der Waals surface area (Å²) in [5.41, 5.74) is 2.20. The molecule has 6 nitrogen and oxygen atoms in total. The third-order valence-corrected chi connectivity index (χ3v) is 4.09. The van der Waals surface area contributed by atoms with Crippen LogP contribution in [0.25, 0.3) is 0 Å². The lowest BCUT2D eigenvalue weighted by Gasteiger charge is -2.13. The molecule has 0 bridgehead atoms. The van der Waals surface area contributed by atoms with E-state index in [4.69, 9.17) is 11.6 Å². The Hall–Kier alpha value is -2.44. The first-order valence-electron chi connectivity index (χ1n) is 7.51. The van der Waals surface area contributed by atoms with E-state index in [1.165, 1.54) is 12.1 Å². The molecule has 0 unspecified atom stereocenters. The molecule has 3 N–H and O–H groups in total. The molecule has 2 rings (SSSR count).